The molecule has 2 amide bonds. The number of benzene rings is 7. The van der Waals surface area contributed by atoms with Crippen molar-refractivity contribution in [2.24, 2.45) is 0 Å². The monoisotopic (exact) mass is 734 g/mol. The summed E-state index contributed by atoms with van der Waals surface area (Å²) >= 11 is 12.2. The molecule has 0 unspecified atom stereocenters. The van der Waals surface area contributed by atoms with Crippen molar-refractivity contribution in [1.82, 2.24) is 11.0 Å². The van der Waals surface area contributed by atoms with Gasteiger partial charge in [0.05, 0.1) is 43.4 Å². The number of hydrogen-bond donors (Lipinski definition) is 4. The van der Waals surface area contributed by atoms with Gasteiger partial charge in [0.15, 0.2) is 0 Å². The van der Waals surface area contributed by atoms with Gasteiger partial charge >= 0.3 is 23.9 Å². The number of nitrogens with one attached hydrogen (secondary N) is 2. The number of hydrogen-bond acceptors (Lipinski definition) is 8. The summed E-state index contributed by atoms with van der Waals surface area (Å²) in [5.74, 6) is -8.25. The Kier molecular flexibility index (Phi) is 8.54. The summed E-state index contributed by atoms with van der Waals surface area (Å²) in [6, 6.07) is 24.6. The van der Waals surface area contributed by atoms with Crippen molar-refractivity contribution in [1.29, 1.82) is 0 Å². The fraction of sp³-hybridized carbons (Fsp3) is 0. The Balaban J connectivity index is 1.53. The van der Waals surface area contributed by atoms with Gasteiger partial charge in [-0.25, -0.2) is 19.2 Å². The fourth-order valence-corrected chi connectivity index (χ4v) is 6.81. The molecule has 7 aromatic carbocycles. The second kappa shape index (κ2) is 13.2. The van der Waals surface area contributed by atoms with Crippen LogP contribution in [-0.2, 0) is 9.68 Å². The van der Waals surface area contributed by atoms with Crippen LogP contribution in [0.25, 0.3) is 43.1 Å². The van der Waals surface area contributed by atoms with Gasteiger partial charge in [0.25, 0.3) is 11.8 Å². The minimum absolute atomic E-state index is 0.00485. The maximum Gasteiger partial charge on any atom is 0.364 e. The van der Waals surface area contributed by atoms with E-state index >= 15 is 0 Å². The van der Waals surface area contributed by atoms with E-state index in [9.17, 15) is 39.0 Å². The van der Waals surface area contributed by atoms with E-state index in [1.807, 2.05) is 11.0 Å². The zero-order valence-corrected chi connectivity index (χ0v) is 27.7. The van der Waals surface area contributed by atoms with Gasteiger partial charge in [-0.3, -0.25) is 9.59 Å². The van der Waals surface area contributed by atoms with Crippen molar-refractivity contribution in [3.63, 3.8) is 0 Å². The molecule has 0 heterocycles. The van der Waals surface area contributed by atoms with Gasteiger partial charge in [0.1, 0.15) is 0 Å². The fourth-order valence-electron chi connectivity index (χ4n) is 6.39. The van der Waals surface area contributed by atoms with Gasteiger partial charge in [-0.1, -0.05) is 89.9 Å². The number of carbonyl (C=O) groups excluding carboxylic acids is 4. The second-order valence-corrected chi connectivity index (χ2v) is 12.1. The topological polar surface area (TPSA) is 185 Å². The minimum Gasteiger partial charge on any atom is -0.478 e. The third-order valence-corrected chi connectivity index (χ3v) is 9.14. The number of aromatic carboxylic acids is 2. The number of fused-ring (bicyclic) bond motifs is 2. The molecule has 0 aliphatic heterocycles. The van der Waals surface area contributed by atoms with Crippen molar-refractivity contribution in [3.05, 3.63) is 140 Å². The summed E-state index contributed by atoms with van der Waals surface area (Å²) in [5, 5.41) is 23.2. The molecule has 0 saturated heterocycles. The lowest BCUT2D eigenvalue weighted by molar-refractivity contribution is 0.0217. The molecule has 0 bridgehead atoms. The van der Waals surface area contributed by atoms with Gasteiger partial charge < -0.3 is 19.9 Å². The minimum atomic E-state index is -1.80. The van der Waals surface area contributed by atoms with Gasteiger partial charge in [0, 0.05) is 10.8 Å². The lowest BCUT2D eigenvalue weighted by Gasteiger charge is -2.22. The van der Waals surface area contributed by atoms with Crippen molar-refractivity contribution in [2.75, 3.05) is 0 Å². The van der Waals surface area contributed by atoms with Gasteiger partial charge in [-0.2, -0.15) is 11.0 Å². The molecular formula is C38H20Cl2N2O10. The Labute approximate surface area is 301 Å². The van der Waals surface area contributed by atoms with Crippen LogP contribution in [0, 0.1) is 0 Å². The number of carboxylic acid groups (broad SMARTS) is 2. The first-order valence-corrected chi connectivity index (χ1v) is 15.9. The van der Waals surface area contributed by atoms with Crippen LogP contribution in [0.2, 0.25) is 10.0 Å². The summed E-state index contributed by atoms with van der Waals surface area (Å²) in [4.78, 5) is 90.4. The molecule has 4 N–H and O–H groups in total. The Hall–Kier alpha value is -6.76. The van der Waals surface area contributed by atoms with E-state index < -0.39 is 57.9 Å². The quantitative estimate of drug-likeness (QED) is 0.0760. The number of carbonyl (C=O) groups is 6. The molecule has 0 aliphatic carbocycles. The molecule has 256 valence electrons. The molecule has 14 heteroatoms. The highest BCUT2D eigenvalue weighted by Gasteiger charge is 2.35. The zero-order valence-electron chi connectivity index (χ0n) is 26.2. The molecule has 0 aliphatic rings. The van der Waals surface area contributed by atoms with Crippen LogP contribution < -0.4 is 11.0 Å². The van der Waals surface area contributed by atoms with E-state index in [2.05, 4.69) is 0 Å². The SMILES string of the molecule is O=C(ONC(=O)c1c(C(=O)O)c2c(C(=O)O)ccc3c4cccc5cccc(c(c1C(=O)NOC(=O)c1ccccc1Cl)c23)c54)c1ccccc1Cl. The highest BCUT2D eigenvalue weighted by Crippen LogP contribution is 2.45. The first kappa shape index (κ1) is 33.7. The second-order valence-electron chi connectivity index (χ2n) is 11.3. The summed E-state index contributed by atoms with van der Waals surface area (Å²) in [7, 11) is 0. The predicted octanol–water partition coefficient (Wildman–Crippen LogP) is 7.44. The molecule has 7 aromatic rings. The van der Waals surface area contributed by atoms with Gasteiger partial charge in [-0.05, 0) is 62.6 Å². The number of rotatable bonds is 6. The van der Waals surface area contributed by atoms with Crippen LogP contribution in [0.4, 0.5) is 0 Å². The molecule has 0 atom stereocenters. The van der Waals surface area contributed by atoms with Crippen LogP contribution in [0.3, 0.4) is 0 Å². The van der Waals surface area contributed by atoms with Crippen LogP contribution in [-0.4, -0.2) is 45.9 Å². The summed E-state index contributed by atoms with van der Waals surface area (Å²) < 4.78 is 0. The maximum absolute atomic E-state index is 14.3. The highest BCUT2D eigenvalue weighted by atomic mass is 35.5. The Morgan fingerprint density at radius 3 is 1.52 bits per heavy atom. The Morgan fingerprint density at radius 1 is 0.462 bits per heavy atom. The van der Waals surface area contributed by atoms with Crippen LogP contribution in [0.15, 0.2) is 97.1 Å². The number of halogens is 2. The van der Waals surface area contributed by atoms with Crippen LogP contribution >= 0.6 is 23.2 Å². The average Bonchev–Trinajstić information content (AvgIpc) is 3.13. The predicted molar refractivity (Wildman–Crippen MR) is 190 cm³/mol. The van der Waals surface area contributed by atoms with Crippen LogP contribution in [0.1, 0.15) is 62.1 Å². The van der Waals surface area contributed by atoms with Gasteiger partial charge in [-0.15, -0.1) is 0 Å². The largest absolute Gasteiger partial charge is 0.478 e. The normalized spacial score (nSPS) is 11.1. The number of carboxylic acids is 2. The molecule has 12 nitrogen and oxygen atoms in total. The lowest BCUT2D eigenvalue weighted by Crippen LogP contribution is -2.34. The Morgan fingerprint density at radius 2 is 0.981 bits per heavy atom. The molecule has 0 saturated carbocycles. The molecule has 0 fully saturated rings. The zero-order chi connectivity index (χ0) is 36.8. The van der Waals surface area contributed by atoms with E-state index in [4.69, 9.17) is 32.9 Å². The molecule has 52 heavy (non-hydrogen) atoms. The Bertz CT molecular complexity index is 2700. The molecule has 0 spiro atoms. The van der Waals surface area contributed by atoms with E-state index in [0.29, 0.717) is 26.9 Å². The van der Waals surface area contributed by atoms with Crippen molar-refractivity contribution in [3.8, 4) is 0 Å². The van der Waals surface area contributed by atoms with Crippen molar-refractivity contribution < 1.29 is 48.7 Å². The van der Waals surface area contributed by atoms with E-state index in [1.54, 1.807) is 48.5 Å². The van der Waals surface area contributed by atoms with E-state index in [1.165, 1.54) is 48.5 Å². The lowest BCUT2D eigenvalue weighted by atomic mass is 9.81. The molecule has 7 rings (SSSR count). The third kappa shape index (κ3) is 5.52. The molecule has 0 aromatic heterocycles. The first-order valence-electron chi connectivity index (χ1n) is 15.2. The van der Waals surface area contributed by atoms with Crippen molar-refractivity contribution >= 4 is 102 Å². The number of hydroxylamine groups is 2. The summed E-state index contributed by atoms with van der Waals surface area (Å²) in [5.41, 5.74) is 0.690. The highest BCUT2D eigenvalue weighted by molar-refractivity contribution is 6.41. The number of amides is 2. The van der Waals surface area contributed by atoms with Crippen molar-refractivity contribution in [2.45, 2.75) is 0 Å². The van der Waals surface area contributed by atoms with Gasteiger partial charge in [0.2, 0.25) is 0 Å². The molecular weight excluding hydrogens is 715 g/mol. The molecule has 0 radical (unpaired) electrons. The summed E-state index contributed by atoms with van der Waals surface area (Å²) in [6.07, 6.45) is 0. The van der Waals surface area contributed by atoms with E-state index in [-0.39, 0.29) is 37.3 Å². The summed E-state index contributed by atoms with van der Waals surface area (Å²) in [6.45, 7) is 0. The maximum atomic E-state index is 14.3. The smallest absolute Gasteiger partial charge is 0.364 e. The van der Waals surface area contributed by atoms with E-state index in [0.717, 1.165) is 0 Å². The average molecular weight is 735 g/mol. The first-order chi connectivity index (χ1) is 25.0. The standard InChI is InChI=1S/C38H20Cl2N2O10/c39-24-13-3-1-9-20(24)37(49)51-41-33(43)30-28-22-12-6-8-17-7-5-11-18(26(17)22)19-15-16-23(35(45)46)29(27(19)28)32(36(47)48)31(30)34(44)42-52-38(50)21-10-2-4-14-25(21)40/h1-16H,(H,41,43)(H,42,44)(H,45,46)(H,47,48). The third-order valence-electron chi connectivity index (χ3n) is 8.48. The van der Waals surface area contributed by atoms with Crippen LogP contribution in [0.5, 0.6) is 0 Å².